The summed E-state index contributed by atoms with van der Waals surface area (Å²) in [6.45, 7) is 2.85. The van der Waals surface area contributed by atoms with Crippen LogP contribution >= 0.6 is 0 Å². The summed E-state index contributed by atoms with van der Waals surface area (Å²) in [6.07, 6.45) is 4.16. The van der Waals surface area contributed by atoms with E-state index in [-0.39, 0.29) is 5.56 Å². The topological polar surface area (TPSA) is 63.1 Å². The fraction of sp³-hybridized carbons (Fsp3) is 0.316. The molecule has 1 aliphatic rings. The number of nitriles is 1. The van der Waals surface area contributed by atoms with E-state index < -0.39 is 0 Å². The molecule has 1 unspecified atom stereocenters. The molecule has 2 aromatic heterocycles. The Morgan fingerprint density at radius 3 is 2.88 bits per heavy atom. The SMILES string of the molecule is CC1CCc2c(n(Cc3ccccc3)c3c(C#N)cnn3c2=O)C1. The van der Waals surface area contributed by atoms with Gasteiger partial charge in [0.25, 0.3) is 5.56 Å². The molecule has 1 atom stereocenters. The lowest BCUT2D eigenvalue weighted by molar-refractivity contribution is 0.469. The maximum Gasteiger partial charge on any atom is 0.277 e. The van der Waals surface area contributed by atoms with E-state index in [0.717, 1.165) is 36.1 Å². The summed E-state index contributed by atoms with van der Waals surface area (Å²) in [5, 5.41) is 13.6. The minimum absolute atomic E-state index is 0.0716. The molecule has 0 bridgehead atoms. The van der Waals surface area contributed by atoms with Crippen LogP contribution in [0.15, 0.2) is 41.3 Å². The van der Waals surface area contributed by atoms with Gasteiger partial charge in [-0.15, -0.1) is 0 Å². The maximum atomic E-state index is 12.8. The molecule has 0 fully saturated rings. The summed E-state index contributed by atoms with van der Waals surface area (Å²) in [7, 11) is 0. The molecule has 0 aliphatic heterocycles. The molecule has 4 rings (SSSR count). The van der Waals surface area contributed by atoms with Crippen molar-refractivity contribution in [3.05, 3.63) is 69.3 Å². The van der Waals surface area contributed by atoms with Crippen LogP contribution in [0.3, 0.4) is 0 Å². The van der Waals surface area contributed by atoms with Crippen LogP contribution in [0.1, 0.15) is 35.7 Å². The summed E-state index contributed by atoms with van der Waals surface area (Å²) < 4.78 is 3.52. The quantitative estimate of drug-likeness (QED) is 0.729. The van der Waals surface area contributed by atoms with Gasteiger partial charge in [-0.05, 0) is 30.7 Å². The highest BCUT2D eigenvalue weighted by Crippen LogP contribution is 2.26. The Kier molecular flexibility index (Phi) is 3.46. The molecule has 0 amide bonds. The molecule has 1 aliphatic carbocycles. The zero-order valence-electron chi connectivity index (χ0n) is 13.6. The van der Waals surface area contributed by atoms with Crippen LogP contribution in [-0.2, 0) is 19.4 Å². The van der Waals surface area contributed by atoms with Gasteiger partial charge in [0.05, 0.1) is 6.20 Å². The number of nitrogens with zero attached hydrogens (tertiary/aromatic N) is 4. The average Bonchev–Trinajstić information content (AvgIpc) is 3.03. The predicted octanol–water partition coefficient (Wildman–Crippen LogP) is 2.54. The van der Waals surface area contributed by atoms with E-state index in [4.69, 9.17) is 0 Å². The zero-order valence-corrected chi connectivity index (χ0v) is 13.6. The minimum atomic E-state index is -0.0716. The van der Waals surface area contributed by atoms with E-state index in [1.807, 2.05) is 18.2 Å². The molecular weight excluding hydrogens is 300 g/mol. The third-order valence-corrected chi connectivity index (χ3v) is 4.86. The first-order valence-corrected chi connectivity index (χ1v) is 8.25. The van der Waals surface area contributed by atoms with E-state index in [9.17, 15) is 10.1 Å². The van der Waals surface area contributed by atoms with Crippen LogP contribution in [0, 0.1) is 17.2 Å². The Balaban J connectivity index is 2.03. The lowest BCUT2D eigenvalue weighted by atomic mass is 9.88. The lowest BCUT2D eigenvalue weighted by Crippen LogP contribution is -2.31. The second-order valence-corrected chi connectivity index (χ2v) is 6.56. The van der Waals surface area contributed by atoms with Crippen molar-refractivity contribution in [1.29, 1.82) is 5.26 Å². The van der Waals surface area contributed by atoms with Crippen LogP contribution in [0.25, 0.3) is 5.65 Å². The first-order chi connectivity index (χ1) is 11.7. The number of hydrogen-bond acceptors (Lipinski definition) is 3. The van der Waals surface area contributed by atoms with Gasteiger partial charge in [-0.25, -0.2) is 0 Å². The van der Waals surface area contributed by atoms with E-state index in [1.165, 1.54) is 10.7 Å². The van der Waals surface area contributed by atoms with Crippen LogP contribution in [0.5, 0.6) is 0 Å². The lowest BCUT2D eigenvalue weighted by Gasteiger charge is -2.26. The number of benzene rings is 1. The van der Waals surface area contributed by atoms with Crippen molar-refractivity contribution in [3.63, 3.8) is 0 Å². The zero-order chi connectivity index (χ0) is 16.7. The molecule has 120 valence electrons. The molecular formula is C19H18N4O. The minimum Gasteiger partial charge on any atom is -0.324 e. The number of hydrogen-bond donors (Lipinski definition) is 0. The molecule has 1 aromatic carbocycles. The average molecular weight is 318 g/mol. The highest BCUT2D eigenvalue weighted by molar-refractivity contribution is 5.56. The molecule has 3 aromatic rings. The smallest absolute Gasteiger partial charge is 0.277 e. The van der Waals surface area contributed by atoms with Crippen molar-refractivity contribution >= 4 is 5.65 Å². The van der Waals surface area contributed by atoms with Gasteiger partial charge >= 0.3 is 0 Å². The van der Waals surface area contributed by atoms with Crippen molar-refractivity contribution in [2.45, 2.75) is 32.7 Å². The van der Waals surface area contributed by atoms with Gasteiger partial charge in [-0.3, -0.25) is 4.79 Å². The van der Waals surface area contributed by atoms with Gasteiger partial charge in [0.2, 0.25) is 0 Å². The van der Waals surface area contributed by atoms with Crippen molar-refractivity contribution in [2.75, 3.05) is 0 Å². The van der Waals surface area contributed by atoms with Gasteiger partial charge in [0, 0.05) is 17.8 Å². The van der Waals surface area contributed by atoms with Gasteiger partial charge in [0.15, 0.2) is 5.65 Å². The fourth-order valence-corrected chi connectivity index (χ4v) is 3.62. The summed E-state index contributed by atoms with van der Waals surface area (Å²) in [4.78, 5) is 12.8. The Morgan fingerprint density at radius 1 is 1.33 bits per heavy atom. The Hall–Kier alpha value is -2.87. The summed E-state index contributed by atoms with van der Waals surface area (Å²) in [6, 6.07) is 12.3. The largest absolute Gasteiger partial charge is 0.324 e. The van der Waals surface area contributed by atoms with Crippen molar-refractivity contribution < 1.29 is 0 Å². The molecule has 0 spiro atoms. The maximum absolute atomic E-state index is 12.8. The molecule has 0 saturated carbocycles. The van der Waals surface area contributed by atoms with Gasteiger partial charge in [0.1, 0.15) is 11.6 Å². The van der Waals surface area contributed by atoms with Crippen molar-refractivity contribution in [1.82, 2.24) is 14.2 Å². The number of rotatable bonds is 2. The van der Waals surface area contributed by atoms with E-state index in [1.54, 1.807) is 0 Å². The number of fused-ring (bicyclic) bond motifs is 2. The fourth-order valence-electron chi connectivity index (χ4n) is 3.62. The summed E-state index contributed by atoms with van der Waals surface area (Å²) in [5.41, 5.74) is 4.05. The highest BCUT2D eigenvalue weighted by atomic mass is 16.1. The monoisotopic (exact) mass is 318 g/mol. The van der Waals surface area contributed by atoms with E-state index in [2.05, 4.69) is 34.8 Å². The Morgan fingerprint density at radius 2 is 2.12 bits per heavy atom. The molecule has 2 heterocycles. The second-order valence-electron chi connectivity index (χ2n) is 6.56. The third kappa shape index (κ3) is 2.23. The third-order valence-electron chi connectivity index (χ3n) is 4.86. The van der Waals surface area contributed by atoms with Crippen LogP contribution in [0.2, 0.25) is 0 Å². The second kappa shape index (κ2) is 5.64. The van der Waals surface area contributed by atoms with Crippen LogP contribution in [-0.4, -0.2) is 14.2 Å². The van der Waals surface area contributed by atoms with Crippen LogP contribution in [0.4, 0.5) is 0 Å². The van der Waals surface area contributed by atoms with Crippen LogP contribution < -0.4 is 5.56 Å². The normalized spacial score (nSPS) is 16.8. The van der Waals surface area contributed by atoms with E-state index in [0.29, 0.717) is 23.7 Å². The molecule has 5 heteroatoms. The molecule has 0 N–H and O–H groups in total. The van der Waals surface area contributed by atoms with E-state index >= 15 is 0 Å². The molecule has 24 heavy (non-hydrogen) atoms. The first kappa shape index (κ1) is 14.7. The van der Waals surface area contributed by atoms with Gasteiger partial charge in [-0.2, -0.15) is 14.9 Å². The van der Waals surface area contributed by atoms with Crippen molar-refractivity contribution in [2.24, 2.45) is 5.92 Å². The Labute approximate surface area is 139 Å². The summed E-state index contributed by atoms with van der Waals surface area (Å²) >= 11 is 0. The predicted molar refractivity (Wildman–Crippen MR) is 90.9 cm³/mol. The molecule has 5 nitrogen and oxygen atoms in total. The first-order valence-electron chi connectivity index (χ1n) is 8.25. The molecule has 0 radical (unpaired) electrons. The summed E-state index contributed by atoms with van der Waals surface area (Å²) in [5.74, 6) is 0.537. The van der Waals surface area contributed by atoms with Crippen molar-refractivity contribution in [3.8, 4) is 6.07 Å². The van der Waals surface area contributed by atoms with Gasteiger partial charge < -0.3 is 4.57 Å². The molecule has 0 saturated heterocycles. The number of aromatic nitrogens is 3. The Bertz CT molecular complexity index is 1010. The standard InChI is InChI=1S/C19H18N4O/c1-13-7-8-16-17(9-13)22(12-14-5-3-2-4-6-14)18-15(10-20)11-21-23(18)19(16)24/h2-6,11,13H,7-9,12H2,1H3. The van der Waals surface area contributed by atoms with Gasteiger partial charge in [-0.1, -0.05) is 37.3 Å². The highest BCUT2D eigenvalue weighted by Gasteiger charge is 2.25.